The third-order valence-electron chi connectivity index (χ3n) is 2.10. The van der Waals surface area contributed by atoms with Crippen molar-refractivity contribution < 1.29 is 14.3 Å². The predicted molar refractivity (Wildman–Crippen MR) is 98.6 cm³/mol. The van der Waals surface area contributed by atoms with Crippen molar-refractivity contribution in [3.8, 4) is 0 Å². The van der Waals surface area contributed by atoms with E-state index >= 15 is 0 Å². The summed E-state index contributed by atoms with van der Waals surface area (Å²) in [5, 5.41) is 17.2. The Balaban J connectivity index is 0. The average Bonchev–Trinajstić information content (AvgIpc) is 2.56. The zero-order valence-corrected chi connectivity index (χ0v) is 15.5. The SMILES string of the molecule is CC.CCOC(=O)CCNC(=O)C(=N)C=N.Clc1cccc(Cl)c1. The third kappa shape index (κ3) is 13.7. The van der Waals surface area contributed by atoms with Gasteiger partial charge in [0.1, 0.15) is 5.71 Å². The molecule has 0 radical (unpaired) electrons. The van der Waals surface area contributed by atoms with Gasteiger partial charge in [0.2, 0.25) is 0 Å². The maximum absolute atomic E-state index is 10.9. The molecule has 24 heavy (non-hydrogen) atoms. The quantitative estimate of drug-likeness (QED) is 0.520. The highest BCUT2D eigenvalue weighted by atomic mass is 35.5. The van der Waals surface area contributed by atoms with Crippen LogP contribution in [0, 0.1) is 10.8 Å². The maximum Gasteiger partial charge on any atom is 0.307 e. The number of carbonyl (C=O) groups is 2. The lowest BCUT2D eigenvalue weighted by Gasteiger charge is -2.03. The van der Waals surface area contributed by atoms with Crippen molar-refractivity contribution in [3.05, 3.63) is 34.3 Å². The van der Waals surface area contributed by atoms with Crippen LogP contribution in [0.1, 0.15) is 27.2 Å². The molecule has 0 saturated carbocycles. The lowest BCUT2D eigenvalue weighted by atomic mass is 10.3. The molecule has 1 amide bonds. The number of hydrogen-bond donors (Lipinski definition) is 3. The van der Waals surface area contributed by atoms with E-state index in [1.807, 2.05) is 19.9 Å². The summed E-state index contributed by atoms with van der Waals surface area (Å²) >= 11 is 11.1. The summed E-state index contributed by atoms with van der Waals surface area (Å²) in [7, 11) is 0. The fourth-order valence-electron chi connectivity index (χ4n) is 1.13. The lowest BCUT2D eigenvalue weighted by molar-refractivity contribution is -0.142. The Kier molecular flexibility index (Phi) is 16.2. The van der Waals surface area contributed by atoms with Crippen molar-refractivity contribution in [3.63, 3.8) is 0 Å². The minimum absolute atomic E-state index is 0.0743. The van der Waals surface area contributed by atoms with Gasteiger partial charge in [-0.25, -0.2) is 0 Å². The van der Waals surface area contributed by atoms with Crippen LogP contribution in [0.5, 0.6) is 0 Å². The Morgan fingerprint density at radius 2 is 1.79 bits per heavy atom. The number of carbonyl (C=O) groups excluding carboxylic acids is 2. The number of ether oxygens (including phenoxy) is 1. The molecule has 0 heterocycles. The van der Waals surface area contributed by atoms with E-state index in [1.54, 1.807) is 25.1 Å². The highest BCUT2D eigenvalue weighted by Gasteiger charge is 2.06. The molecule has 0 aromatic heterocycles. The molecular weight excluding hydrogens is 353 g/mol. The first kappa shape index (κ1) is 24.3. The molecule has 1 aromatic rings. The monoisotopic (exact) mass is 375 g/mol. The van der Waals surface area contributed by atoms with E-state index in [1.165, 1.54) is 0 Å². The molecule has 0 fully saturated rings. The molecule has 0 atom stereocenters. The number of esters is 1. The van der Waals surface area contributed by atoms with Gasteiger partial charge >= 0.3 is 5.97 Å². The zero-order chi connectivity index (χ0) is 19.0. The molecule has 0 saturated heterocycles. The van der Waals surface area contributed by atoms with Crippen LogP contribution in [0.2, 0.25) is 10.0 Å². The molecule has 6 nitrogen and oxygen atoms in total. The van der Waals surface area contributed by atoms with Crippen molar-refractivity contribution >= 4 is 47.0 Å². The minimum atomic E-state index is -0.663. The molecule has 3 N–H and O–H groups in total. The van der Waals surface area contributed by atoms with Gasteiger partial charge in [-0.2, -0.15) is 0 Å². The number of benzene rings is 1. The van der Waals surface area contributed by atoms with Gasteiger partial charge in [0, 0.05) is 22.8 Å². The summed E-state index contributed by atoms with van der Waals surface area (Å²) in [4.78, 5) is 21.7. The second-order valence-electron chi connectivity index (χ2n) is 3.81. The Morgan fingerprint density at radius 1 is 1.25 bits per heavy atom. The summed E-state index contributed by atoms with van der Waals surface area (Å²) in [6.07, 6.45) is 0.713. The van der Waals surface area contributed by atoms with E-state index in [9.17, 15) is 9.59 Å². The lowest BCUT2D eigenvalue weighted by Crippen LogP contribution is -2.32. The molecule has 1 rings (SSSR count). The normalized spacial score (nSPS) is 8.54. The van der Waals surface area contributed by atoms with Crippen molar-refractivity contribution in [2.75, 3.05) is 13.2 Å². The molecule has 0 bridgehead atoms. The van der Waals surface area contributed by atoms with Crippen LogP contribution >= 0.6 is 23.2 Å². The molecule has 8 heteroatoms. The fourth-order valence-corrected chi connectivity index (χ4v) is 1.57. The topological polar surface area (TPSA) is 103 Å². The zero-order valence-electron chi connectivity index (χ0n) is 14.0. The van der Waals surface area contributed by atoms with E-state index in [0.29, 0.717) is 22.9 Å². The second-order valence-corrected chi connectivity index (χ2v) is 4.68. The molecular formula is C16H23Cl2N3O3. The van der Waals surface area contributed by atoms with Crippen molar-refractivity contribution in [2.45, 2.75) is 27.2 Å². The molecule has 0 spiro atoms. The number of amides is 1. The molecule has 134 valence electrons. The van der Waals surface area contributed by atoms with Gasteiger partial charge < -0.3 is 15.5 Å². The standard InChI is InChI=1S/C8H13N3O3.C6H4Cl2.C2H6/c1-2-14-7(12)3-4-11-8(13)6(10)5-9;7-5-2-1-3-6(8)4-5;1-2/h5,9-10H,2-4H2,1H3,(H,11,13);1-4H;1-2H3. The summed E-state index contributed by atoms with van der Waals surface area (Å²) in [6, 6.07) is 7.08. The van der Waals surface area contributed by atoms with Gasteiger partial charge in [0.05, 0.1) is 13.0 Å². The summed E-state index contributed by atoms with van der Waals surface area (Å²) < 4.78 is 4.62. The highest BCUT2D eigenvalue weighted by Crippen LogP contribution is 2.13. The predicted octanol–water partition coefficient (Wildman–Crippen LogP) is 3.74. The van der Waals surface area contributed by atoms with E-state index in [0.717, 1.165) is 0 Å². The van der Waals surface area contributed by atoms with Crippen LogP contribution in [-0.4, -0.2) is 37.0 Å². The van der Waals surface area contributed by atoms with Gasteiger partial charge in [0.15, 0.2) is 0 Å². The number of rotatable bonds is 6. The van der Waals surface area contributed by atoms with E-state index < -0.39 is 17.6 Å². The Hall–Kier alpha value is -1.92. The second kappa shape index (κ2) is 16.0. The minimum Gasteiger partial charge on any atom is -0.466 e. The Bertz CT molecular complexity index is 520. The van der Waals surface area contributed by atoms with Crippen LogP contribution in [0.4, 0.5) is 0 Å². The Morgan fingerprint density at radius 3 is 2.17 bits per heavy atom. The molecule has 0 aliphatic carbocycles. The fraction of sp³-hybridized carbons (Fsp3) is 0.375. The van der Waals surface area contributed by atoms with Crippen LogP contribution in [0.15, 0.2) is 24.3 Å². The van der Waals surface area contributed by atoms with Gasteiger partial charge in [-0.3, -0.25) is 15.0 Å². The van der Waals surface area contributed by atoms with E-state index in [2.05, 4.69) is 10.1 Å². The van der Waals surface area contributed by atoms with Gasteiger partial charge in [-0.05, 0) is 25.1 Å². The first-order valence-electron chi connectivity index (χ1n) is 7.34. The summed E-state index contributed by atoms with van der Waals surface area (Å²) in [5.41, 5.74) is -0.436. The summed E-state index contributed by atoms with van der Waals surface area (Å²) in [5.74, 6) is -1.06. The number of halogens is 2. The van der Waals surface area contributed by atoms with Gasteiger partial charge in [-0.15, -0.1) is 0 Å². The van der Waals surface area contributed by atoms with Crippen LogP contribution in [0.3, 0.4) is 0 Å². The average molecular weight is 376 g/mol. The maximum atomic E-state index is 10.9. The van der Waals surface area contributed by atoms with Crippen molar-refractivity contribution in [1.82, 2.24) is 5.32 Å². The molecule has 1 aromatic carbocycles. The highest BCUT2D eigenvalue weighted by molar-refractivity contribution is 6.59. The van der Waals surface area contributed by atoms with Gasteiger partial charge in [0.25, 0.3) is 5.91 Å². The van der Waals surface area contributed by atoms with E-state index in [-0.39, 0.29) is 13.0 Å². The molecule has 0 unspecified atom stereocenters. The summed E-state index contributed by atoms with van der Waals surface area (Å²) in [6.45, 7) is 6.12. The Labute approximate surface area is 152 Å². The number of nitrogens with one attached hydrogen (secondary N) is 3. The first-order chi connectivity index (χ1) is 11.4. The van der Waals surface area contributed by atoms with Crippen LogP contribution in [0.25, 0.3) is 0 Å². The largest absolute Gasteiger partial charge is 0.466 e. The van der Waals surface area contributed by atoms with Gasteiger partial charge in [-0.1, -0.05) is 43.1 Å². The van der Waals surface area contributed by atoms with Crippen LogP contribution < -0.4 is 5.32 Å². The number of hydrogen-bond acceptors (Lipinski definition) is 5. The molecule has 0 aliphatic rings. The third-order valence-corrected chi connectivity index (χ3v) is 2.57. The first-order valence-corrected chi connectivity index (χ1v) is 8.10. The molecule has 0 aliphatic heterocycles. The smallest absolute Gasteiger partial charge is 0.307 e. The van der Waals surface area contributed by atoms with E-state index in [4.69, 9.17) is 34.0 Å². The van der Waals surface area contributed by atoms with Crippen molar-refractivity contribution in [1.29, 1.82) is 10.8 Å². The van der Waals surface area contributed by atoms with Crippen LogP contribution in [-0.2, 0) is 14.3 Å². The van der Waals surface area contributed by atoms with Crippen molar-refractivity contribution in [2.24, 2.45) is 0 Å².